The van der Waals surface area contributed by atoms with E-state index < -0.39 is 0 Å². The minimum absolute atomic E-state index is 0.224. The van der Waals surface area contributed by atoms with Crippen molar-refractivity contribution in [1.29, 1.82) is 0 Å². The zero-order chi connectivity index (χ0) is 12.4. The Hall–Kier alpha value is -1.03. The van der Waals surface area contributed by atoms with Gasteiger partial charge in [0.2, 0.25) is 5.91 Å². The third-order valence-electron chi connectivity index (χ3n) is 2.51. The van der Waals surface area contributed by atoms with Gasteiger partial charge in [0.25, 0.3) is 0 Å². The number of likely N-dealkylation sites (N-methyl/N-ethyl adjacent to an activating group) is 2. The van der Waals surface area contributed by atoms with E-state index >= 15 is 0 Å². The second kappa shape index (κ2) is 9.21. The molecule has 0 radical (unpaired) electrons. The van der Waals surface area contributed by atoms with Crippen molar-refractivity contribution >= 4 is 5.91 Å². The van der Waals surface area contributed by atoms with Crippen molar-refractivity contribution in [2.75, 3.05) is 27.2 Å². The smallest absolute Gasteiger partial charge is 0.222 e. The molecule has 4 nitrogen and oxygen atoms in total. The number of rotatable bonds is 9. The highest BCUT2D eigenvalue weighted by atomic mass is 16.2. The molecule has 0 atom stereocenters. The molecular weight excluding hydrogens is 202 g/mol. The highest BCUT2D eigenvalue weighted by Gasteiger charge is 2.06. The maximum atomic E-state index is 11.6. The molecule has 0 spiro atoms. The van der Waals surface area contributed by atoms with Crippen LogP contribution in [0.15, 0.2) is 12.3 Å². The lowest BCUT2D eigenvalue weighted by molar-refractivity contribution is -0.129. The molecule has 3 N–H and O–H groups in total. The fraction of sp³-hybridized carbons (Fsp3) is 0.750. The normalized spacial score (nSPS) is 10.1. The van der Waals surface area contributed by atoms with Gasteiger partial charge in [-0.2, -0.15) is 0 Å². The van der Waals surface area contributed by atoms with Crippen LogP contribution in [0.5, 0.6) is 0 Å². The van der Waals surface area contributed by atoms with E-state index in [-0.39, 0.29) is 5.91 Å². The average molecular weight is 227 g/mol. The lowest BCUT2D eigenvalue weighted by atomic mass is 10.1. The van der Waals surface area contributed by atoms with Crippen LogP contribution in [-0.4, -0.2) is 38.0 Å². The van der Waals surface area contributed by atoms with E-state index in [2.05, 4.69) is 11.9 Å². The van der Waals surface area contributed by atoms with Crippen LogP contribution in [0.25, 0.3) is 0 Å². The number of nitrogens with two attached hydrogens (primary N) is 1. The zero-order valence-electron chi connectivity index (χ0n) is 10.6. The molecular formula is C12H25N3O. The number of allylic oxidation sites excluding steroid dienone is 1. The molecule has 0 aliphatic heterocycles. The lowest BCUT2D eigenvalue weighted by Crippen LogP contribution is -2.32. The van der Waals surface area contributed by atoms with Gasteiger partial charge in [-0.25, -0.2) is 0 Å². The average Bonchev–Trinajstić information content (AvgIpc) is 2.24. The van der Waals surface area contributed by atoms with E-state index in [1.165, 1.54) is 0 Å². The van der Waals surface area contributed by atoms with Crippen molar-refractivity contribution in [1.82, 2.24) is 10.2 Å². The van der Waals surface area contributed by atoms with E-state index in [1.807, 2.05) is 14.1 Å². The predicted molar refractivity (Wildman–Crippen MR) is 68.0 cm³/mol. The van der Waals surface area contributed by atoms with E-state index in [9.17, 15) is 4.79 Å². The SMILES string of the molecule is C=C(N)CCCCCC(=O)N(C)CCNC. The van der Waals surface area contributed by atoms with E-state index in [4.69, 9.17) is 5.73 Å². The van der Waals surface area contributed by atoms with E-state index in [1.54, 1.807) is 4.90 Å². The van der Waals surface area contributed by atoms with Gasteiger partial charge in [0.15, 0.2) is 0 Å². The number of hydrogen-bond acceptors (Lipinski definition) is 3. The molecule has 0 heterocycles. The number of unbranched alkanes of at least 4 members (excludes halogenated alkanes) is 2. The molecule has 0 aliphatic rings. The minimum atomic E-state index is 0.224. The van der Waals surface area contributed by atoms with Crippen molar-refractivity contribution in [3.63, 3.8) is 0 Å². The molecule has 0 saturated heterocycles. The lowest BCUT2D eigenvalue weighted by Gasteiger charge is -2.16. The largest absolute Gasteiger partial charge is 0.403 e. The number of carbonyl (C=O) groups excluding carboxylic acids is 1. The molecule has 0 aromatic heterocycles. The third kappa shape index (κ3) is 8.29. The van der Waals surface area contributed by atoms with Gasteiger partial charge in [0.1, 0.15) is 0 Å². The first kappa shape index (κ1) is 15.0. The summed E-state index contributed by atoms with van der Waals surface area (Å²) in [5.74, 6) is 0.224. The summed E-state index contributed by atoms with van der Waals surface area (Å²) >= 11 is 0. The maximum absolute atomic E-state index is 11.6. The van der Waals surface area contributed by atoms with Crippen LogP contribution < -0.4 is 11.1 Å². The highest BCUT2D eigenvalue weighted by molar-refractivity contribution is 5.75. The number of nitrogens with one attached hydrogen (secondary N) is 1. The predicted octanol–water partition coefficient (Wildman–Crippen LogP) is 1.09. The van der Waals surface area contributed by atoms with Gasteiger partial charge in [0.05, 0.1) is 0 Å². The van der Waals surface area contributed by atoms with Crippen LogP contribution in [0.4, 0.5) is 0 Å². The number of nitrogens with zero attached hydrogens (tertiary/aromatic N) is 1. The Morgan fingerprint density at radius 1 is 1.31 bits per heavy atom. The van der Waals surface area contributed by atoms with Crippen molar-refractivity contribution in [2.24, 2.45) is 5.73 Å². The molecule has 0 aliphatic carbocycles. The van der Waals surface area contributed by atoms with Gasteiger partial charge in [-0.1, -0.05) is 13.0 Å². The van der Waals surface area contributed by atoms with Gasteiger partial charge in [-0.15, -0.1) is 0 Å². The van der Waals surface area contributed by atoms with E-state index in [0.717, 1.165) is 44.5 Å². The van der Waals surface area contributed by atoms with Gasteiger partial charge in [0, 0.05) is 32.3 Å². The molecule has 4 heteroatoms. The van der Waals surface area contributed by atoms with Crippen LogP contribution in [0.1, 0.15) is 32.1 Å². The highest BCUT2D eigenvalue weighted by Crippen LogP contribution is 2.06. The Morgan fingerprint density at radius 3 is 2.50 bits per heavy atom. The molecule has 0 fully saturated rings. The summed E-state index contributed by atoms with van der Waals surface area (Å²) in [6.45, 7) is 5.26. The Balaban J connectivity index is 3.45. The molecule has 0 saturated carbocycles. The summed E-state index contributed by atoms with van der Waals surface area (Å²) in [5, 5.41) is 3.02. The first-order valence-electron chi connectivity index (χ1n) is 5.89. The molecule has 0 rings (SSSR count). The Bertz CT molecular complexity index is 216. The molecule has 94 valence electrons. The summed E-state index contributed by atoms with van der Waals surface area (Å²) < 4.78 is 0. The molecule has 16 heavy (non-hydrogen) atoms. The number of hydrogen-bond donors (Lipinski definition) is 2. The summed E-state index contributed by atoms with van der Waals surface area (Å²) in [5.41, 5.74) is 6.19. The van der Waals surface area contributed by atoms with Gasteiger partial charge >= 0.3 is 0 Å². The fourth-order valence-corrected chi connectivity index (χ4v) is 1.40. The summed E-state index contributed by atoms with van der Waals surface area (Å²) in [6, 6.07) is 0. The second-order valence-corrected chi connectivity index (χ2v) is 4.14. The Morgan fingerprint density at radius 2 is 1.94 bits per heavy atom. The molecule has 0 aromatic carbocycles. The minimum Gasteiger partial charge on any atom is -0.403 e. The molecule has 0 aromatic rings. The van der Waals surface area contributed by atoms with Gasteiger partial charge < -0.3 is 16.0 Å². The topological polar surface area (TPSA) is 58.4 Å². The Kier molecular flexibility index (Phi) is 8.62. The third-order valence-corrected chi connectivity index (χ3v) is 2.51. The van der Waals surface area contributed by atoms with Gasteiger partial charge in [-0.05, 0) is 26.3 Å². The van der Waals surface area contributed by atoms with Crippen LogP contribution in [0, 0.1) is 0 Å². The van der Waals surface area contributed by atoms with Crippen molar-refractivity contribution in [3.05, 3.63) is 12.3 Å². The molecule has 1 amide bonds. The molecule has 0 bridgehead atoms. The van der Waals surface area contributed by atoms with Crippen molar-refractivity contribution in [3.8, 4) is 0 Å². The summed E-state index contributed by atoms with van der Waals surface area (Å²) in [4.78, 5) is 13.4. The fourth-order valence-electron chi connectivity index (χ4n) is 1.40. The first-order valence-corrected chi connectivity index (χ1v) is 5.89. The van der Waals surface area contributed by atoms with Crippen LogP contribution in [0.2, 0.25) is 0 Å². The van der Waals surface area contributed by atoms with E-state index in [0.29, 0.717) is 6.42 Å². The maximum Gasteiger partial charge on any atom is 0.222 e. The van der Waals surface area contributed by atoms with Crippen molar-refractivity contribution in [2.45, 2.75) is 32.1 Å². The van der Waals surface area contributed by atoms with Crippen molar-refractivity contribution < 1.29 is 4.79 Å². The second-order valence-electron chi connectivity index (χ2n) is 4.14. The van der Waals surface area contributed by atoms with Crippen LogP contribution in [0.3, 0.4) is 0 Å². The standard InChI is InChI=1S/C12H25N3O/c1-11(13)7-5-4-6-8-12(16)15(3)10-9-14-2/h14H,1,4-10,13H2,2-3H3. The monoisotopic (exact) mass is 227 g/mol. The zero-order valence-corrected chi connectivity index (χ0v) is 10.6. The first-order chi connectivity index (χ1) is 7.57. The summed E-state index contributed by atoms with van der Waals surface area (Å²) in [6.07, 6.45) is 4.52. The number of amides is 1. The van der Waals surface area contributed by atoms with Gasteiger partial charge in [-0.3, -0.25) is 4.79 Å². The van der Waals surface area contributed by atoms with Crippen LogP contribution >= 0.6 is 0 Å². The summed E-state index contributed by atoms with van der Waals surface area (Å²) in [7, 11) is 3.74. The Labute approximate surface area is 98.9 Å². The molecule has 0 unspecified atom stereocenters. The van der Waals surface area contributed by atoms with Crippen LogP contribution in [-0.2, 0) is 4.79 Å². The quantitative estimate of drug-likeness (QED) is 0.580. The number of carbonyl (C=O) groups is 1.